The Morgan fingerprint density at radius 2 is 1.73 bits per heavy atom. The molecule has 1 spiro atoms. The summed E-state index contributed by atoms with van der Waals surface area (Å²) in [6.45, 7) is 12.8. The van der Waals surface area contributed by atoms with Crippen LogP contribution in [0, 0.1) is 53.3 Å². The first kappa shape index (κ1) is 36.2. The summed E-state index contributed by atoms with van der Waals surface area (Å²) >= 11 is 5.41. The van der Waals surface area contributed by atoms with Crippen molar-refractivity contribution in [3.8, 4) is 5.75 Å². The van der Waals surface area contributed by atoms with Gasteiger partial charge in [-0.2, -0.15) is 0 Å². The molecular formula is C46H59NO4S. The third-order valence-corrected chi connectivity index (χ3v) is 15.2. The zero-order valence-electron chi connectivity index (χ0n) is 32.1. The zero-order chi connectivity index (χ0) is 36.4. The molecule has 2 heterocycles. The first-order valence-corrected chi connectivity index (χ1v) is 20.5. The van der Waals surface area contributed by atoms with Gasteiger partial charge in [-0.1, -0.05) is 81.8 Å². The molecule has 6 aliphatic rings. The highest BCUT2D eigenvalue weighted by Crippen LogP contribution is 2.69. The summed E-state index contributed by atoms with van der Waals surface area (Å²) < 4.78 is 19.2. The van der Waals surface area contributed by atoms with Gasteiger partial charge in [0.25, 0.3) is 5.17 Å². The molecule has 5 fully saturated rings. The molecule has 11 unspecified atom stereocenters. The lowest BCUT2D eigenvalue weighted by atomic mass is 9.48. The predicted octanol–water partition coefficient (Wildman–Crippen LogP) is 10.7. The van der Waals surface area contributed by atoms with Gasteiger partial charge in [0.15, 0.2) is 5.79 Å². The van der Waals surface area contributed by atoms with Gasteiger partial charge >= 0.3 is 0 Å². The number of anilines is 1. The Labute approximate surface area is 317 Å². The van der Waals surface area contributed by atoms with E-state index in [1.165, 1.54) is 49.5 Å². The van der Waals surface area contributed by atoms with E-state index in [4.69, 9.17) is 26.4 Å². The fourth-order valence-corrected chi connectivity index (χ4v) is 12.1. The Kier molecular flexibility index (Phi) is 9.63. The molecule has 4 aliphatic carbocycles. The van der Waals surface area contributed by atoms with Crippen LogP contribution < -0.4 is 9.64 Å². The topological polar surface area (TPSA) is 51.2 Å². The summed E-state index contributed by atoms with van der Waals surface area (Å²) in [7, 11) is 1.91. The van der Waals surface area contributed by atoms with E-state index >= 15 is 0 Å². The normalized spacial score (nSPS) is 38.9. The molecule has 3 aromatic rings. The Bertz CT molecular complexity index is 1830. The summed E-state index contributed by atoms with van der Waals surface area (Å²) in [5.74, 6) is 4.44. The number of rotatable bonds is 2. The maximum Gasteiger partial charge on any atom is 0.269 e. The number of aliphatic hydroxyl groups is 1. The zero-order valence-corrected chi connectivity index (χ0v) is 33.0. The largest absolute Gasteiger partial charge is 0.432 e. The molecule has 0 aromatic heterocycles. The van der Waals surface area contributed by atoms with Crippen LogP contribution in [0.5, 0.6) is 5.75 Å². The molecule has 1 N–H and O–H groups in total. The van der Waals surface area contributed by atoms with Gasteiger partial charge < -0.3 is 24.2 Å². The minimum Gasteiger partial charge on any atom is -0.432 e. The van der Waals surface area contributed by atoms with E-state index in [2.05, 4.69) is 65.0 Å². The van der Waals surface area contributed by atoms with E-state index in [1.54, 1.807) is 5.57 Å². The van der Waals surface area contributed by atoms with Crippen molar-refractivity contribution < 1.29 is 19.3 Å². The SMILES string of the molecule is CC1CCC2(OC1)OC1CC3C4CCC5CC(O)CCC5(C)C4=CCC3(C)C1C2C.Cc1cccc(N(C)C(=S)Oc2ccc3ccccc3c2)c1. The van der Waals surface area contributed by atoms with Gasteiger partial charge in [-0.25, -0.2) is 0 Å². The molecule has 0 radical (unpaired) electrons. The molecule has 6 heteroatoms. The van der Waals surface area contributed by atoms with Crippen LogP contribution in [0.4, 0.5) is 5.69 Å². The molecule has 52 heavy (non-hydrogen) atoms. The van der Waals surface area contributed by atoms with E-state index in [0.29, 0.717) is 45.8 Å². The Balaban J connectivity index is 0.000000157. The quantitative estimate of drug-likeness (QED) is 0.210. The van der Waals surface area contributed by atoms with Gasteiger partial charge in [0.1, 0.15) is 5.75 Å². The highest BCUT2D eigenvalue weighted by Gasteiger charge is 2.67. The van der Waals surface area contributed by atoms with Crippen molar-refractivity contribution in [3.05, 3.63) is 83.9 Å². The molecule has 278 valence electrons. The third kappa shape index (κ3) is 6.24. The monoisotopic (exact) mass is 721 g/mol. The second-order valence-corrected chi connectivity index (χ2v) is 18.3. The van der Waals surface area contributed by atoms with Crippen molar-refractivity contribution in [3.63, 3.8) is 0 Å². The maximum absolute atomic E-state index is 10.3. The van der Waals surface area contributed by atoms with E-state index in [1.807, 2.05) is 54.4 Å². The summed E-state index contributed by atoms with van der Waals surface area (Å²) in [4.78, 5) is 1.87. The van der Waals surface area contributed by atoms with Crippen molar-refractivity contribution >= 4 is 33.9 Å². The van der Waals surface area contributed by atoms with Crippen molar-refractivity contribution in [1.82, 2.24) is 0 Å². The summed E-state index contributed by atoms with van der Waals surface area (Å²) in [6.07, 6.45) is 13.6. The van der Waals surface area contributed by atoms with Crippen LogP contribution in [-0.4, -0.2) is 41.9 Å². The molecule has 5 nitrogen and oxygen atoms in total. The first-order chi connectivity index (χ1) is 24.9. The predicted molar refractivity (Wildman–Crippen MR) is 214 cm³/mol. The second-order valence-electron chi connectivity index (χ2n) is 18.0. The fraction of sp³-hybridized carbons (Fsp3) is 0.587. The molecule has 3 aromatic carbocycles. The Morgan fingerprint density at radius 1 is 0.923 bits per heavy atom. The molecule has 9 rings (SSSR count). The van der Waals surface area contributed by atoms with Crippen molar-refractivity contribution in [2.45, 2.75) is 110 Å². The van der Waals surface area contributed by atoms with Crippen LogP contribution in [0.1, 0.15) is 91.0 Å². The number of hydrogen-bond donors (Lipinski definition) is 1. The molecule has 2 aliphatic heterocycles. The van der Waals surface area contributed by atoms with Gasteiger partial charge in [-0.05, 0) is 152 Å². The number of fused-ring (bicyclic) bond motifs is 8. The Hall–Kier alpha value is -2.77. The number of aliphatic hydroxyl groups excluding tert-OH is 1. The fourth-order valence-electron chi connectivity index (χ4n) is 11.9. The standard InChI is InChI=1S/C27H42O3.C19H17NOS/c1-16-7-12-27(29-15-16)17(2)24-23(30-27)14-22-20-6-5-18-13-19(28)8-10-25(18,3)21(20)9-11-26(22,24)4;1-14-6-5-9-17(12-14)20(2)19(22)21-18-11-10-15-7-3-4-8-16(15)13-18/h9,16-20,22-24,28H,5-8,10-15H2,1-4H3;3-13H,1-2H3. The molecule has 0 bridgehead atoms. The Morgan fingerprint density at radius 3 is 2.50 bits per heavy atom. The van der Waals surface area contributed by atoms with Crippen LogP contribution in [-0.2, 0) is 9.47 Å². The first-order valence-electron chi connectivity index (χ1n) is 20.1. The smallest absolute Gasteiger partial charge is 0.269 e. The lowest BCUT2D eigenvalue weighted by Crippen LogP contribution is -2.50. The average Bonchev–Trinajstić information content (AvgIpc) is 3.58. The van der Waals surface area contributed by atoms with Crippen molar-refractivity contribution in [2.75, 3.05) is 18.6 Å². The van der Waals surface area contributed by atoms with Crippen LogP contribution in [0.3, 0.4) is 0 Å². The highest BCUT2D eigenvalue weighted by atomic mass is 32.1. The number of nitrogens with zero attached hydrogens (tertiary/aromatic N) is 1. The highest BCUT2D eigenvalue weighted by molar-refractivity contribution is 7.80. The van der Waals surface area contributed by atoms with E-state index in [9.17, 15) is 5.11 Å². The van der Waals surface area contributed by atoms with Gasteiger partial charge in [-0.3, -0.25) is 0 Å². The second kappa shape index (κ2) is 13.8. The van der Waals surface area contributed by atoms with E-state index in [-0.39, 0.29) is 11.9 Å². The van der Waals surface area contributed by atoms with Crippen molar-refractivity contribution in [2.24, 2.45) is 46.3 Å². The summed E-state index contributed by atoms with van der Waals surface area (Å²) in [5, 5.41) is 13.0. The third-order valence-electron chi connectivity index (χ3n) is 14.9. The van der Waals surface area contributed by atoms with Crippen LogP contribution >= 0.6 is 12.2 Å². The maximum atomic E-state index is 10.3. The average molecular weight is 722 g/mol. The van der Waals surface area contributed by atoms with E-state index < -0.39 is 0 Å². The minimum atomic E-state index is -0.303. The van der Waals surface area contributed by atoms with Crippen LogP contribution in [0.15, 0.2) is 78.4 Å². The van der Waals surface area contributed by atoms with Gasteiger partial charge in [-0.15, -0.1) is 0 Å². The molecule has 11 atom stereocenters. The number of ether oxygens (including phenoxy) is 3. The van der Waals surface area contributed by atoms with Gasteiger partial charge in [0.05, 0.1) is 18.8 Å². The molecule has 2 saturated heterocycles. The molecular weight excluding hydrogens is 663 g/mol. The van der Waals surface area contributed by atoms with Gasteiger partial charge in [0.2, 0.25) is 0 Å². The number of allylic oxidation sites excluding steroid dienone is 2. The lowest BCUT2D eigenvalue weighted by Gasteiger charge is -2.57. The number of hydrogen-bond acceptors (Lipinski definition) is 5. The molecule has 0 amide bonds. The lowest BCUT2D eigenvalue weighted by molar-refractivity contribution is -0.272. The number of aryl methyl sites for hydroxylation is 1. The summed E-state index contributed by atoms with van der Waals surface area (Å²) in [5.41, 5.74) is 4.67. The van der Waals surface area contributed by atoms with E-state index in [0.717, 1.165) is 54.5 Å². The van der Waals surface area contributed by atoms with Crippen molar-refractivity contribution in [1.29, 1.82) is 0 Å². The van der Waals surface area contributed by atoms with Crippen LogP contribution in [0.2, 0.25) is 0 Å². The van der Waals surface area contributed by atoms with Crippen LogP contribution in [0.25, 0.3) is 10.8 Å². The molecule has 3 saturated carbocycles. The summed E-state index contributed by atoms with van der Waals surface area (Å²) in [6, 6.07) is 22.3. The minimum absolute atomic E-state index is 0.0661. The number of benzene rings is 3. The number of thiocarbonyl (C=S) groups is 1. The van der Waals surface area contributed by atoms with Gasteiger partial charge in [0, 0.05) is 25.1 Å².